The fraction of sp³-hybridized carbons (Fsp3) is 0.192. The Bertz CT molecular complexity index is 1500. The number of rotatable bonds is 6. The summed E-state index contributed by atoms with van der Waals surface area (Å²) < 4.78 is 20.2. The van der Waals surface area contributed by atoms with E-state index in [9.17, 15) is 18.8 Å². The molecule has 4 aromatic rings. The summed E-state index contributed by atoms with van der Waals surface area (Å²) in [5.41, 5.74) is 7.39. The number of thiophene rings is 1. The zero-order chi connectivity index (χ0) is 25.9. The Hall–Kier alpha value is -4.38. The molecule has 5 rings (SSSR count). The van der Waals surface area contributed by atoms with Gasteiger partial charge in [-0.25, -0.2) is 9.37 Å². The highest BCUT2D eigenvalue weighted by Gasteiger charge is 2.28. The number of hydrogen-bond donors (Lipinski definition) is 1. The van der Waals surface area contributed by atoms with Crippen LogP contribution in [0.25, 0.3) is 11.0 Å². The molecule has 2 aromatic carbocycles. The van der Waals surface area contributed by atoms with Crippen LogP contribution in [-0.4, -0.2) is 63.7 Å². The molecule has 1 aliphatic heterocycles. The smallest absolute Gasteiger partial charge is 0.274 e. The van der Waals surface area contributed by atoms with E-state index >= 15 is 0 Å². The summed E-state index contributed by atoms with van der Waals surface area (Å²) in [6, 6.07) is 13.1. The minimum absolute atomic E-state index is 0.0344. The SMILES string of the molecule is NC(=O)c1sccc1OCc1ccc(F)c(C(=O)N2CCN(C(=O)c3cnc4ccccc4n3)CC2)c1. The molecule has 3 amide bonds. The first-order chi connectivity index (χ1) is 17.9. The monoisotopic (exact) mass is 519 g/mol. The van der Waals surface area contributed by atoms with E-state index in [0.717, 1.165) is 0 Å². The van der Waals surface area contributed by atoms with E-state index in [-0.39, 0.29) is 50.0 Å². The van der Waals surface area contributed by atoms with E-state index < -0.39 is 17.6 Å². The lowest BCUT2D eigenvalue weighted by Crippen LogP contribution is -2.50. The number of carbonyl (C=O) groups is 3. The third-order valence-electron chi connectivity index (χ3n) is 6.03. The van der Waals surface area contributed by atoms with E-state index in [1.165, 1.54) is 40.6 Å². The van der Waals surface area contributed by atoms with Crippen LogP contribution in [-0.2, 0) is 6.61 Å². The van der Waals surface area contributed by atoms with Crippen LogP contribution in [0, 0.1) is 5.82 Å². The van der Waals surface area contributed by atoms with Gasteiger partial charge in [-0.3, -0.25) is 19.4 Å². The predicted octanol–water partition coefficient (Wildman–Crippen LogP) is 3.11. The molecule has 188 valence electrons. The van der Waals surface area contributed by atoms with Crippen LogP contribution in [0.1, 0.15) is 36.1 Å². The van der Waals surface area contributed by atoms with Gasteiger partial charge in [-0.15, -0.1) is 11.3 Å². The van der Waals surface area contributed by atoms with Gasteiger partial charge >= 0.3 is 0 Å². The molecule has 1 saturated heterocycles. The van der Waals surface area contributed by atoms with Crippen molar-refractivity contribution in [2.24, 2.45) is 5.73 Å². The number of ether oxygens (including phenoxy) is 1. The molecule has 3 heterocycles. The van der Waals surface area contributed by atoms with Crippen LogP contribution in [0.2, 0.25) is 0 Å². The maximum atomic E-state index is 14.6. The molecule has 0 aliphatic carbocycles. The molecule has 1 aliphatic rings. The van der Waals surface area contributed by atoms with Crippen LogP contribution in [0.5, 0.6) is 5.75 Å². The third-order valence-corrected chi connectivity index (χ3v) is 6.94. The molecule has 37 heavy (non-hydrogen) atoms. The van der Waals surface area contributed by atoms with Crippen LogP contribution in [0.3, 0.4) is 0 Å². The van der Waals surface area contributed by atoms with Crippen molar-refractivity contribution >= 4 is 40.1 Å². The highest BCUT2D eigenvalue weighted by Crippen LogP contribution is 2.25. The predicted molar refractivity (Wildman–Crippen MR) is 135 cm³/mol. The number of nitrogens with zero attached hydrogens (tertiary/aromatic N) is 4. The standard InChI is InChI=1S/C26H22FN5O4S/c27-18-6-5-16(15-36-22-7-12-37-23(22)24(28)33)13-17(18)25(34)31-8-10-32(11-9-31)26(35)21-14-29-19-3-1-2-4-20(19)30-21/h1-7,12-14H,8-11,15H2,(H2,28,33). The number of amides is 3. The van der Waals surface area contributed by atoms with E-state index in [4.69, 9.17) is 10.5 Å². The second-order valence-electron chi connectivity index (χ2n) is 8.41. The van der Waals surface area contributed by atoms with Gasteiger partial charge in [0.2, 0.25) is 0 Å². The van der Waals surface area contributed by atoms with Gasteiger partial charge in [0.15, 0.2) is 0 Å². The number of para-hydroxylation sites is 2. The number of aromatic nitrogens is 2. The molecule has 2 aromatic heterocycles. The van der Waals surface area contributed by atoms with E-state index in [1.54, 1.807) is 22.4 Å². The number of halogens is 1. The van der Waals surface area contributed by atoms with Crippen LogP contribution in [0.4, 0.5) is 4.39 Å². The zero-order valence-corrected chi connectivity index (χ0v) is 20.4. The van der Waals surface area contributed by atoms with Crippen LogP contribution in [0.15, 0.2) is 60.1 Å². The first kappa shape index (κ1) is 24.3. The minimum atomic E-state index is -0.646. The Balaban J connectivity index is 1.22. The van der Waals surface area contributed by atoms with Crippen molar-refractivity contribution in [3.8, 4) is 5.75 Å². The van der Waals surface area contributed by atoms with Crippen molar-refractivity contribution in [3.63, 3.8) is 0 Å². The lowest BCUT2D eigenvalue weighted by atomic mass is 10.1. The van der Waals surface area contributed by atoms with Crippen molar-refractivity contribution in [1.82, 2.24) is 19.8 Å². The molecule has 0 bridgehead atoms. The lowest BCUT2D eigenvalue weighted by Gasteiger charge is -2.34. The van der Waals surface area contributed by atoms with E-state index in [1.807, 2.05) is 18.2 Å². The quantitative estimate of drug-likeness (QED) is 0.418. The molecule has 0 atom stereocenters. The molecule has 11 heteroatoms. The van der Waals surface area contributed by atoms with E-state index in [2.05, 4.69) is 9.97 Å². The summed E-state index contributed by atoms with van der Waals surface area (Å²) in [6.45, 7) is 1.12. The van der Waals surface area contributed by atoms with Gasteiger partial charge in [0.25, 0.3) is 17.7 Å². The zero-order valence-electron chi connectivity index (χ0n) is 19.6. The van der Waals surface area contributed by atoms with Crippen molar-refractivity contribution < 1.29 is 23.5 Å². The number of hydrogen-bond acceptors (Lipinski definition) is 7. The number of primary amides is 1. The summed E-state index contributed by atoms with van der Waals surface area (Å²) in [6.07, 6.45) is 1.45. The van der Waals surface area contributed by atoms with Gasteiger partial charge < -0.3 is 20.3 Å². The number of fused-ring (bicyclic) bond motifs is 1. The highest BCUT2D eigenvalue weighted by molar-refractivity contribution is 7.12. The average molecular weight is 520 g/mol. The van der Waals surface area contributed by atoms with E-state index in [0.29, 0.717) is 27.2 Å². The molecular formula is C26H22FN5O4S. The topological polar surface area (TPSA) is 119 Å². The Labute approximate surface area is 215 Å². The number of nitrogens with two attached hydrogens (primary N) is 1. The molecular weight excluding hydrogens is 497 g/mol. The maximum absolute atomic E-state index is 14.6. The van der Waals surface area contributed by atoms with Gasteiger partial charge in [0.1, 0.15) is 28.7 Å². The first-order valence-electron chi connectivity index (χ1n) is 11.5. The fourth-order valence-electron chi connectivity index (χ4n) is 4.08. The summed E-state index contributed by atoms with van der Waals surface area (Å²) in [4.78, 5) is 49.6. The van der Waals surface area contributed by atoms with Crippen molar-refractivity contribution in [2.75, 3.05) is 26.2 Å². The Morgan fingerprint density at radius 3 is 2.41 bits per heavy atom. The molecule has 1 fully saturated rings. The van der Waals surface area contributed by atoms with Gasteiger partial charge in [-0.05, 0) is 41.3 Å². The minimum Gasteiger partial charge on any atom is -0.487 e. The molecule has 9 nitrogen and oxygen atoms in total. The number of piperazine rings is 1. The molecule has 2 N–H and O–H groups in total. The maximum Gasteiger partial charge on any atom is 0.274 e. The average Bonchev–Trinajstić information content (AvgIpc) is 3.41. The number of carbonyl (C=O) groups excluding carboxylic acids is 3. The molecule has 0 unspecified atom stereocenters. The van der Waals surface area contributed by atoms with Gasteiger partial charge in [-0.2, -0.15) is 0 Å². The second kappa shape index (κ2) is 10.3. The van der Waals surface area contributed by atoms with Crippen molar-refractivity contribution in [2.45, 2.75) is 6.61 Å². The Kier molecular flexibility index (Phi) is 6.78. The van der Waals surface area contributed by atoms with Crippen molar-refractivity contribution in [1.29, 1.82) is 0 Å². The summed E-state index contributed by atoms with van der Waals surface area (Å²) in [5, 5.41) is 1.69. The Morgan fingerprint density at radius 2 is 1.68 bits per heavy atom. The summed E-state index contributed by atoms with van der Waals surface area (Å²) >= 11 is 1.17. The first-order valence-corrected chi connectivity index (χ1v) is 12.4. The number of benzene rings is 2. The fourth-order valence-corrected chi connectivity index (χ4v) is 4.77. The van der Waals surface area contributed by atoms with Crippen molar-refractivity contribution in [3.05, 3.63) is 87.6 Å². The summed E-state index contributed by atoms with van der Waals surface area (Å²) in [7, 11) is 0. The molecule has 0 saturated carbocycles. The molecule has 0 radical (unpaired) electrons. The van der Waals surface area contributed by atoms with Crippen LogP contribution < -0.4 is 10.5 Å². The normalized spacial score (nSPS) is 13.5. The largest absolute Gasteiger partial charge is 0.487 e. The van der Waals surface area contributed by atoms with Gasteiger partial charge in [-0.1, -0.05) is 18.2 Å². The lowest BCUT2D eigenvalue weighted by molar-refractivity contribution is 0.0529. The van der Waals surface area contributed by atoms with Gasteiger partial charge in [0, 0.05) is 26.2 Å². The third kappa shape index (κ3) is 5.12. The summed E-state index contributed by atoms with van der Waals surface area (Å²) in [5.74, 6) is -1.63. The Morgan fingerprint density at radius 1 is 0.973 bits per heavy atom. The highest BCUT2D eigenvalue weighted by atomic mass is 32.1. The van der Waals surface area contributed by atoms with Crippen LogP contribution >= 0.6 is 11.3 Å². The second-order valence-corrected chi connectivity index (χ2v) is 9.33. The molecule has 0 spiro atoms. The van der Waals surface area contributed by atoms with Gasteiger partial charge in [0.05, 0.1) is 22.8 Å².